The number of hydrogen-bond donors (Lipinski definition) is 0. The molecule has 1 aliphatic rings. The Morgan fingerprint density at radius 1 is 1.40 bits per heavy atom. The Morgan fingerprint density at radius 3 is 2.45 bits per heavy atom. The number of ketones is 1. The van der Waals surface area contributed by atoms with Crippen LogP contribution in [0, 0.1) is 0 Å². The predicted molar refractivity (Wildman–Crippen MR) is 90.6 cm³/mol. The van der Waals surface area contributed by atoms with E-state index in [9.17, 15) is 4.79 Å². The van der Waals surface area contributed by atoms with E-state index in [1.807, 2.05) is 12.2 Å². The van der Waals surface area contributed by atoms with E-state index in [1.165, 1.54) is 25.7 Å². The first-order chi connectivity index (χ1) is 9.39. The van der Waals surface area contributed by atoms with Crippen molar-refractivity contribution >= 4 is 14.1 Å². The fraction of sp³-hybridized carbons (Fsp3) is 0.706. The lowest BCUT2D eigenvalue weighted by molar-refractivity contribution is -0.114. The van der Waals surface area contributed by atoms with E-state index in [-0.39, 0.29) is 5.78 Å². The topological polar surface area (TPSA) is 26.3 Å². The minimum Gasteiger partial charge on any atom is -0.414 e. The molecule has 116 valence electrons. The molecule has 0 radical (unpaired) electrons. The van der Waals surface area contributed by atoms with Crippen LogP contribution in [0.15, 0.2) is 24.8 Å². The zero-order valence-electron chi connectivity index (χ0n) is 13.8. The molecule has 0 heterocycles. The van der Waals surface area contributed by atoms with Crippen LogP contribution in [0.2, 0.25) is 19.6 Å². The molecule has 0 aromatic heterocycles. The van der Waals surface area contributed by atoms with Gasteiger partial charge in [0.05, 0.1) is 0 Å². The second-order valence-electron chi connectivity index (χ2n) is 6.28. The lowest BCUT2D eigenvalue weighted by atomic mass is 10.1. The molecule has 3 heteroatoms. The summed E-state index contributed by atoms with van der Waals surface area (Å²) in [5, 5.41) is 0. The highest BCUT2D eigenvalue weighted by molar-refractivity contribution is 6.69. The Labute approximate surface area is 126 Å². The van der Waals surface area contributed by atoms with Crippen LogP contribution in [-0.4, -0.2) is 20.2 Å². The quantitative estimate of drug-likeness (QED) is 0.346. The standard InChI is InChI=1S/C12H26OSi.C5H6O/c1-6-8-9-11-12(10-7-2)13-14(3,4)5;6-5-3-1-2-4-5/h7,12H,2,6,8-11H2,1,3-5H3;1,3H,2,4H2. The molecule has 1 rings (SSSR count). The van der Waals surface area contributed by atoms with Gasteiger partial charge in [0, 0.05) is 12.5 Å². The molecule has 0 fully saturated rings. The van der Waals surface area contributed by atoms with Crippen LogP contribution in [0.1, 0.15) is 51.9 Å². The van der Waals surface area contributed by atoms with Crippen LogP contribution < -0.4 is 0 Å². The Bertz CT molecular complexity index is 303. The van der Waals surface area contributed by atoms with Crippen molar-refractivity contribution < 1.29 is 9.22 Å². The molecule has 1 unspecified atom stereocenters. The summed E-state index contributed by atoms with van der Waals surface area (Å²) in [7, 11) is -1.37. The SMILES string of the molecule is C=CCC(CCCCC)O[Si](C)(C)C.O=C1C=CCC1. The van der Waals surface area contributed by atoms with E-state index in [4.69, 9.17) is 4.43 Å². The minimum atomic E-state index is -1.37. The Hall–Kier alpha value is -0.673. The number of allylic oxidation sites excluding steroid dienone is 2. The number of carbonyl (C=O) groups excluding carboxylic acids is 1. The van der Waals surface area contributed by atoms with Crippen molar-refractivity contribution in [1.29, 1.82) is 0 Å². The average Bonchev–Trinajstić information content (AvgIpc) is 2.80. The average molecular weight is 297 g/mol. The highest BCUT2D eigenvalue weighted by atomic mass is 28.4. The van der Waals surface area contributed by atoms with E-state index in [0.29, 0.717) is 6.10 Å². The summed E-state index contributed by atoms with van der Waals surface area (Å²) in [4.78, 5) is 10.2. The summed E-state index contributed by atoms with van der Waals surface area (Å²) in [6, 6.07) is 0. The van der Waals surface area contributed by atoms with E-state index >= 15 is 0 Å². The molecule has 0 amide bonds. The second kappa shape index (κ2) is 11.0. The lowest BCUT2D eigenvalue weighted by Gasteiger charge is -2.25. The van der Waals surface area contributed by atoms with Crippen molar-refractivity contribution in [3.63, 3.8) is 0 Å². The Morgan fingerprint density at radius 2 is 2.10 bits per heavy atom. The molecule has 0 aliphatic heterocycles. The van der Waals surface area contributed by atoms with Gasteiger partial charge < -0.3 is 4.43 Å². The summed E-state index contributed by atoms with van der Waals surface area (Å²) >= 11 is 0. The summed E-state index contributed by atoms with van der Waals surface area (Å²) in [6.07, 6.45) is 13.7. The number of unbranched alkanes of at least 4 members (excludes halogenated alkanes) is 2. The Kier molecular flexibility index (Phi) is 10.7. The maximum absolute atomic E-state index is 10.2. The number of hydrogen-bond acceptors (Lipinski definition) is 2. The van der Waals surface area contributed by atoms with Gasteiger partial charge in [-0.3, -0.25) is 4.79 Å². The molecular weight excluding hydrogens is 264 g/mol. The molecule has 0 aromatic carbocycles. The maximum atomic E-state index is 10.2. The van der Waals surface area contributed by atoms with E-state index in [2.05, 4.69) is 33.1 Å². The van der Waals surface area contributed by atoms with Gasteiger partial charge in [-0.15, -0.1) is 6.58 Å². The van der Waals surface area contributed by atoms with Crippen LogP contribution in [0.3, 0.4) is 0 Å². The van der Waals surface area contributed by atoms with E-state index < -0.39 is 8.32 Å². The van der Waals surface area contributed by atoms with Crippen molar-refractivity contribution in [1.82, 2.24) is 0 Å². The molecule has 0 saturated heterocycles. The maximum Gasteiger partial charge on any atom is 0.184 e. The molecule has 1 atom stereocenters. The highest BCUT2D eigenvalue weighted by Crippen LogP contribution is 2.16. The van der Waals surface area contributed by atoms with Crippen molar-refractivity contribution in [2.45, 2.75) is 77.6 Å². The molecule has 2 nitrogen and oxygen atoms in total. The van der Waals surface area contributed by atoms with Gasteiger partial charge in [0.15, 0.2) is 14.1 Å². The Balaban J connectivity index is 0.000000493. The number of rotatable bonds is 8. The van der Waals surface area contributed by atoms with Crippen LogP contribution in [0.5, 0.6) is 0 Å². The van der Waals surface area contributed by atoms with Gasteiger partial charge in [0.2, 0.25) is 0 Å². The van der Waals surface area contributed by atoms with Gasteiger partial charge in [-0.05, 0) is 45.0 Å². The molecule has 0 aromatic rings. The van der Waals surface area contributed by atoms with Crippen LogP contribution in [0.4, 0.5) is 0 Å². The fourth-order valence-electron chi connectivity index (χ4n) is 2.06. The van der Waals surface area contributed by atoms with Crippen LogP contribution >= 0.6 is 0 Å². The largest absolute Gasteiger partial charge is 0.414 e. The zero-order chi connectivity index (χ0) is 15.4. The summed E-state index contributed by atoms with van der Waals surface area (Å²) in [5.41, 5.74) is 0. The summed E-state index contributed by atoms with van der Waals surface area (Å²) < 4.78 is 6.09. The monoisotopic (exact) mass is 296 g/mol. The molecule has 1 aliphatic carbocycles. The minimum absolute atomic E-state index is 0.273. The first kappa shape index (κ1) is 19.3. The van der Waals surface area contributed by atoms with Gasteiger partial charge in [0.1, 0.15) is 0 Å². The molecule has 0 N–H and O–H groups in total. The van der Waals surface area contributed by atoms with Crippen molar-refractivity contribution in [2.24, 2.45) is 0 Å². The van der Waals surface area contributed by atoms with Gasteiger partial charge in [-0.2, -0.15) is 0 Å². The van der Waals surface area contributed by atoms with E-state index in [1.54, 1.807) is 6.08 Å². The first-order valence-corrected chi connectivity index (χ1v) is 11.3. The van der Waals surface area contributed by atoms with E-state index in [0.717, 1.165) is 19.3 Å². The zero-order valence-corrected chi connectivity index (χ0v) is 14.8. The molecule has 0 bridgehead atoms. The van der Waals surface area contributed by atoms with Gasteiger partial charge in [-0.25, -0.2) is 0 Å². The van der Waals surface area contributed by atoms with Gasteiger partial charge in [-0.1, -0.05) is 38.3 Å². The lowest BCUT2D eigenvalue weighted by Crippen LogP contribution is -2.31. The van der Waals surface area contributed by atoms with Crippen molar-refractivity contribution in [3.05, 3.63) is 24.8 Å². The van der Waals surface area contributed by atoms with Crippen LogP contribution in [-0.2, 0) is 9.22 Å². The normalized spacial score (nSPS) is 15.7. The molecule has 0 saturated carbocycles. The third-order valence-electron chi connectivity index (χ3n) is 2.94. The van der Waals surface area contributed by atoms with Gasteiger partial charge >= 0.3 is 0 Å². The highest BCUT2D eigenvalue weighted by Gasteiger charge is 2.19. The summed E-state index contributed by atoms with van der Waals surface area (Å²) in [6.45, 7) is 12.8. The molecular formula is C17H32O2Si. The van der Waals surface area contributed by atoms with Crippen molar-refractivity contribution in [2.75, 3.05) is 0 Å². The van der Waals surface area contributed by atoms with Gasteiger partial charge in [0.25, 0.3) is 0 Å². The van der Waals surface area contributed by atoms with Crippen molar-refractivity contribution in [3.8, 4) is 0 Å². The smallest absolute Gasteiger partial charge is 0.184 e. The third-order valence-corrected chi connectivity index (χ3v) is 3.98. The molecule has 20 heavy (non-hydrogen) atoms. The first-order valence-electron chi connectivity index (χ1n) is 7.87. The number of carbonyl (C=O) groups is 1. The second-order valence-corrected chi connectivity index (χ2v) is 10.7. The predicted octanol–water partition coefficient (Wildman–Crippen LogP) is 5.27. The third kappa shape index (κ3) is 12.4. The fourth-order valence-corrected chi connectivity index (χ4v) is 3.27. The molecule has 0 spiro atoms. The summed E-state index contributed by atoms with van der Waals surface area (Å²) in [5.74, 6) is 0.273. The van der Waals surface area contributed by atoms with Crippen LogP contribution in [0.25, 0.3) is 0 Å².